The van der Waals surface area contributed by atoms with Gasteiger partial charge in [0.15, 0.2) is 0 Å². The zero-order valence-electron chi connectivity index (χ0n) is 21.2. The molecule has 1 amide bonds. The van der Waals surface area contributed by atoms with Crippen LogP contribution in [0.1, 0.15) is 55.6 Å². The monoisotopic (exact) mass is 459 g/mol. The molecule has 0 radical (unpaired) electrons. The predicted octanol–water partition coefficient (Wildman–Crippen LogP) is 5.25. The van der Waals surface area contributed by atoms with Crippen LogP contribution in [0.2, 0.25) is 0 Å². The summed E-state index contributed by atoms with van der Waals surface area (Å²) in [5.74, 6) is 0.629. The van der Waals surface area contributed by atoms with Crippen molar-refractivity contribution in [3.05, 3.63) is 82.5 Å². The predicted molar refractivity (Wildman–Crippen MR) is 139 cm³/mol. The average molecular weight is 460 g/mol. The Labute approximate surface area is 203 Å². The van der Waals surface area contributed by atoms with Crippen LogP contribution in [0.15, 0.2) is 54.6 Å². The lowest BCUT2D eigenvalue weighted by atomic mass is 9.85. The van der Waals surface area contributed by atoms with Crippen molar-refractivity contribution in [1.29, 1.82) is 0 Å². The van der Waals surface area contributed by atoms with Crippen LogP contribution >= 0.6 is 0 Å². The third kappa shape index (κ3) is 6.45. The number of nitrogens with zero attached hydrogens (tertiary/aromatic N) is 1. The molecule has 0 aliphatic rings. The van der Waals surface area contributed by atoms with Gasteiger partial charge in [0.25, 0.3) is 0 Å². The van der Waals surface area contributed by atoms with Crippen molar-refractivity contribution >= 4 is 5.91 Å². The van der Waals surface area contributed by atoms with E-state index in [0.29, 0.717) is 19.6 Å². The number of ether oxygens (including phenoxy) is 1. The Morgan fingerprint density at radius 3 is 2.41 bits per heavy atom. The normalized spacial score (nSPS) is 12.3. The molecule has 0 aliphatic carbocycles. The van der Waals surface area contributed by atoms with E-state index in [1.54, 1.807) is 6.92 Å². The summed E-state index contributed by atoms with van der Waals surface area (Å²) in [4.78, 5) is 16.8. The maximum Gasteiger partial charge on any atom is 0.236 e. The summed E-state index contributed by atoms with van der Waals surface area (Å²) in [5.41, 5.74) is 13.2. The van der Waals surface area contributed by atoms with E-state index in [1.165, 1.54) is 11.1 Å². The number of carbonyl (C=O) groups is 1. The van der Waals surface area contributed by atoms with Gasteiger partial charge in [0.2, 0.25) is 5.91 Å². The summed E-state index contributed by atoms with van der Waals surface area (Å²) < 4.78 is 6.31. The highest BCUT2D eigenvalue weighted by Crippen LogP contribution is 2.33. The van der Waals surface area contributed by atoms with Gasteiger partial charge in [-0.05, 0) is 49.3 Å². The Balaban J connectivity index is 1.94. The molecule has 5 heteroatoms. The average Bonchev–Trinajstić information content (AvgIpc) is 2.78. The zero-order valence-corrected chi connectivity index (χ0v) is 21.2. The van der Waals surface area contributed by atoms with Gasteiger partial charge < -0.3 is 15.8 Å². The molecule has 0 fully saturated rings. The van der Waals surface area contributed by atoms with Crippen LogP contribution in [0.3, 0.4) is 0 Å². The molecule has 0 aliphatic heterocycles. The first-order chi connectivity index (χ1) is 16.1. The number of nitrogens with two attached hydrogens (primary N) is 1. The lowest BCUT2D eigenvalue weighted by Crippen LogP contribution is -2.39. The lowest BCUT2D eigenvalue weighted by Gasteiger charge is -2.21. The Hall–Kier alpha value is -3.18. The minimum atomic E-state index is -0.533. The van der Waals surface area contributed by atoms with Gasteiger partial charge in [-0.3, -0.25) is 9.78 Å². The Morgan fingerprint density at radius 1 is 1.09 bits per heavy atom. The van der Waals surface area contributed by atoms with Gasteiger partial charge in [0, 0.05) is 29.4 Å². The number of aromatic nitrogens is 1. The van der Waals surface area contributed by atoms with E-state index in [2.05, 4.69) is 51.2 Å². The topological polar surface area (TPSA) is 77.2 Å². The maximum absolute atomic E-state index is 11.9. The van der Waals surface area contributed by atoms with Gasteiger partial charge in [0.05, 0.1) is 11.7 Å². The summed E-state index contributed by atoms with van der Waals surface area (Å²) in [6.45, 7) is 13.4. The van der Waals surface area contributed by atoms with E-state index in [9.17, 15) is 4.79 Å². The summed E-state index contributed by atoms with van der Waals surface area (Å²) in [6, 6.07) is 18.2. The fourth-order valence-electron chi connectivity index (χ4n) is 3.87. The molecule has 3 rings (SSSR count). The highest BCUT2D eigenvalue weighted by atomic mass is 16.5. The number of rotatable bonds is 8. The van der Waals surface area contributed by atoms with Gasteiger partial charge in [-0.15, -0.1) is 0 Å². The number of benzene rings is 2. The number of amides is 1. The number of carbonyl (C=O) groups excluding carboxylic acids is 1. The van der Waals surface area contributed by atoms with E-state index in [1.807, 2.05) is 43.3 Å². The number of pyridine rings is 1. The molecule has 0 unspecified atom stereocenters. The fourth-order valence-corrected chi connectivity index (χ4v) is 3.87. The first kappa shape index (κ1) is 25.4. The molecule has 3 N–H and O–H groups in total. The van der Waals surface area contributed by atoms with Crippen molar-refractivity contribution in [3.63, 3.8) is 0 Å². The van der Waals surface area contributed by atoms with Crippen LogP contribution in [-0.4, -0.2) is 23.5 Å². The third-order valence-electron chi connectivity index (χ3n) is 5.98. The molecule has 0 saturated carbocycles. The first-order valence-corrected chi connectivity index (χ1v) is 11.9. The number of aryl methyl sites for hydroxylation is 2. The van der Waals surface area contributed by atoms with Gasteiger partial charge >= 0.3 is 0 Å². The van der Waals surface area contributed by atoms with Crippen LogP contribution in [-0.2, 0) is 23.2 Å². The Bertz CT molecular complexity index is 1130. The standard InChI is InChI=1S/C29H37N3O2/c1-19-16-23(29(4,5)6)12-13-24(19)26-17-27(34-18-22-10-8-7-9-11-22)25(21(3)32-26)14-15-31-28(33)20(2)30/h7-13,16-17,20H,14-15,18,30H2,1-6H3,(H,31,33)/t20-/m0/s1. The van der Waals surface area contributed by atoms with Crippen molar-refractivity contribution in [2.45, 2.75) is 66.0 Å². The molecule has 3 aromatic rings. The van der Waals surface area contributed by atoms with Crippen LogP contribution in [0, 0.1) is 13.8 Å². The second-order valence-electron chi connectivity index (χ2n) is 9.95. The van der Waals surface area contributed by atoms with E-state index in [-0.39, 0.29) is 11.3 Å². The van der Waals surface area contributed by atoms with Gasteiger partial charge in [-0.2, -0.15) is 0 Å². The third-order valence-corrected chi connectivity index (χ3v) is 5.98. The van der Waals surface area contributed by atoms with E-state index < -0.39 is 6.04 Å². The molecule has 0 spiro atoms. The molecular weight excluding hydrogens is 422 g/mol. The van der Waals surface area contributed by atoms with Crippen molar-refractivity contribution in [2.24, 2.45) is 5.73 Å². The van der Waals surface area contributed by atoms with Crippen molar-refractivity contribution in [1.82, 2.24) is 10.3 Å². The van der Waals surface area contributed by atoms with Crippen molar-refractivity contribution in [2.75, 3.05) is 6.54 Å². The highest BCUT2D eigenvalue weighted by molar-refractivity contribution is 5.80. The van der Waals surface area contributed by atoms with Crippen LogP contribution in [0.5, 0.6) is 5.75 Å². The molecule has 1 aromatic heterocycles. The fraction of sp³-hybridized carbons (Fsp3) is 0.379. The maximum atomic E-state index is 11.9. The van der Waals surface area contributed by atoms with Crippen molar-refractivity contribution in [3.8, 4) is 17.0 Å². The molecule has 34 heavy (non-hydrogen) atoms. The summed E-state index contributed by atoms with van der Waals surface area (Å²) in [7, 11) is 0. The SMILES string of the molecule is Cc1cc(C(C)(C)C)ccc1-c1cc(OCc2ccccc2)c(CCNC(=O)[C@H](C)N)c(C)n1. The number of hydrogen-bond donors (Lipinski definition) is 2. The van der Waals surface area contributed by atoms with Crippen LogP contribution in [0.4, 0.5) is 0 Å². The second-order valence-corrected chi connectivity index (χ2v) is 9.95. The zero-order chi connectivity index (χ0) is 24.9. The van der Waals surface area contributed by atoms with Crippen LogP contribution in [0.25, 0.3) is 11.3 Å². The minimum Gasteiger partial charge on any atom is -0.488 e. The summed E-state index contributed by atoms with van der Waals surface area (Å²) >= 11 is 0. The van der Waals surface area contributed by atoms with Crippen LogP contribution < -0.4 is 15.8 Å². The van der Waals surface area contributed by atoms with E-state index in [4.69, 9.17) is 15.5 Å². The Morgan fingerprint density at radius 2 is 1.79 bits per heavy atom. The smallest absolute Gasteiger partial charge is 0.236 e. The molecule has 1 atom stereocenters. The second kappa shape index (κ2) is 10.8. The molecule has 0 bridgehead atoms. The van der Waals surface area contributed by atoms with Gasteiger partial charge in [-0.1, -0.05) is 69.3 Å². The molecular formula is C29H37N3O2. The summed E-state index contributed by atoms with van der Waals surface area (Å²) in [5, 5.41) is 2.89. The van der Waals surface area contributed by atoms with Gasteiger partial charge in [0.1, 0.15) is 12.4 Å². The largest absolute Gasteiger partial charge is 0.488 e. The van der Waals surface area contributed by atoms with Crippen molar-refractivity contribution < 1.29 is 9.53 Å². The molecule has 0 saturated heterocycles. The highest BCUT2D eigenvalue weighted by Gasteiger charge is 2.18. The van der Waals surface area contributed by atoms with E-state index >= 15 is 0 Å². The quantitative estimate of drug-likeness (QED) is 0.482. The Kier molecular flexibility index (Phi) is 8.11. The molecule has 1 heterocycles. The van der Waals surface area contributed by atoms with Gasteiger partial charge in [-0.25, -0.2) is 0 Å². The number of hydrogen-bond acceptors (Lipinski definition) is 4. The van der Waals surface area contributed by atoms with E-state index in [0.717, 1.165) is 33.8 Å². The minimum absolute atomic E-state index is 0.0892. The first-order valence-electron chi connectivity index (χ1n) is 11.9. The molecule has 2 aromatic carbocycles. The lowest BCUT2D eigenvalue weighted by molar-refractivity contribution is -0.121. The number of nitrogens with one attached hydrogen (secondary N) is 1. The molecule has 180 valence electrons. The summed E-state index contributed by atoms with van der Waals surface area (Å²) in [6.07, 6.45) is 0.615. The molecule has 5 nitrogen and oxygen atoms in total.